The maximum Gasteiger partial charge on any atom is 0.306 e. The quantitative estimate of drug-likeness (QED) is 0.684. The van der Waals surface area contributed by atoms with Gasteiger partial charge in [-0.15, -0.1) is 0 Å². The molecule has 0 aliphatic heterocycles. The topological polar surface area (TPSA) is 26.3 Å². The van der Waals surface area contributed by atoms with Crippen molar-refractivity contribution in [2.75, 3.05) is 0 Å². The van der Waals surface area contributed by atoms with Crippen molar-refractivity contribution < 1.29 is 9.53 Å². The van der Waals surface area contributed by atoms with E-state index in [-0.39, 0.29) is 11.6 Å². The normalized spacial score (nSPS) is 39.6. The molecule has 4 atom stereocenters. The number of hydrogen-bond donors (Lipinski definition) is 0. The summed E-state index contributed by atoms with van der Waals surface area (Å²) in [6, 6.07) is 0. The summed E-state index contributed by atoms with van der Waals surface area (Å²) < 4.78 is 5.97. The Morgan fingerprint density at radius 3 is 2.38 bits per heavy atom. The molecule has 120 valence electrons. The Morgan fingerprint density at radius 2 is 1.86 bits per heavy atom. The largest absolute Gasteiger partial charge is 0.459 e. The zero-order chi connectivity index (χ0) is 15.3. The monoisotopic (exact) mass is 292 g/mol. The minimum absolute atomic E-state index is 0.0831. The number of carbonyl (C=O) groups is 1. The second-order valence-electron chi connectivity index (χ2n) is 8.63. The molecule has 3 aliphatic rings. The smallest absolute Gasteiger partial charge is 0.306 e. The summed E-state index contributed by atoms with van der Waals surface area (Å²) in [4.78, 5) is 12.5. The van der Waals surface area contributed by atoms with E-state index in [4.69, 9.17) is 4.74 Å². The van der Waals surface area contributed by atoms with Gasteiger partial charge in [0.1, 0.15) is 5.60 Å². The van der Waals surface area contributed by atoms with E-state index in [1.165, 1.54) is 25.7 Å². The van der Waals surface area contributed by atoms with Crippen molar-refractivity contribution >= 4 is 5.97 Å². The molecule has 0 spiro atoms. The zero-order valence-corrected chi connectivity index (χ0v) is 14.3. The molecule has 3 rings (SSSR count). The fourth-order valence-corrected chi connectivity index (χ4v) is 5.70. The molecule has 2 heteroatoms. The molecular weight excluding hydrogens is 260 g/mol. The average Bonchev–Trinajstić information content (AvgIpc) is 3.09. The first-order valence-electron chi connectivity index (χ1n) is 9.10. The maximum absolute atomic E-state index is 12.5. The van der Waals surface area contributed by atoms with E-state index >= 15 is 0 Å². The van der Waals surface area contributed by atoms with Gasteiger partial charge in [-0.2, -0.15) is 0 Å². The van der Waals surface area contributed by atoms with Crippen LogP contribution in [0.4, 0.5) is 0 Å². The van der Waals surface area contributed by atoms with E-state index in [2.05, 4.69) is 27.7 Å². The van der Waals surface area contributed by atoms with Gasteiger partial charge in [-0.05, 0) is 74.0 Å². The number of ether oxygens (including phenoxy) is 1. The lowest BCUT2D eigenvalue weighted by atomic mass is 9.65. The molecule has 21 heavy (non-hydrogen) atoms. The molecule has 0 aromatic rings. The van der Waals surface area contributed by atoms with Crippen molar-refractivity contribution in [3.05, 3.63) is 0 Å². The highest BCUT2D eigenvalue weighted by atomic mass is 16.6. The Hall–Kier alpha value is -0.530. The van der Waals surface area contributed by atoms with Gasteiger partial charge in [0.05, 0.1) is 0 Å². The lowest BCUT2D eigenvalue weighted by Crippen LogP contribution is -2.37. The van der Waals surface area contributed by atoms with Gasteiger partial charge < -0.3 is 4.74 Å². The maximum atomic E-state index is 12.5. The van der Waals surface area contributed by atoms with Gasteiger partial charge in [-0.1, -0.05) is 27.7 Å². The predicted molar refractivity (Wildman–Crippen MR) is 84.8 cm³/mol. The highest BCUT2D eigenvalue weighted by molar-refractivity contribution is 5.70. The van der Waals surface area contributed by atoms with Crippen molar-refractivity contribution in [2.45, 2.75) is 84.7 Å². The van der Waals surface area contributed by atoms with Crippen LogP contribution in [0.25, 0.3) is 0 Å². The summed E-state index contributed by atoms with van der Waals surface area (Å²) in [6.45, 7) is 9.39. The highest BCUT2D eigenvalue weighted by Crippen LogP contribution is 2.62. The third-order valence-electron chi connectivity index (χ3n) is 7.49. The van der Waals surface area contributed by atoms with E-state index in [0.717, 1.165) is 37.0 Å². The lowest BCUT2D eigenvalue weighted by molar-refractivity contribution is -0.161. The Labute approximate surface area is 130 Å². The van der Waals surface area contributed by atoms with Crippen molar-refractivity contribution in [3.63, 3.8) is 0 Å². The zero-order valence-electron chi connectivity index (χ0n) is 14.3. The van der Waals surface area contributed by atoms with E-state index in [1.54, 1.807) is 0 Å². The molecule has 3 fully saturated rings. The number of carbonyl (C=O) groups excluding carboxylic acids is 1. The van der Waals surface area contributed by atoms with Crippen LogP contribution in [0.1, 0.15) is 79.1 Å². The van der Waals surface area contributed by atoms with Crippen LogP contribution in [-0.2, 0) is 9.53 Å². The SMILES string of the molecule is CCC1(OC(=O)CC2CC3CC2C(C)(C)C3C)CCCC1. The summed E-state index contributed by atoms with van der Waals surface area (Å²) in [5.41, 5.74) is 0.293. The fourth-order valence-electron chi connectivity index (χ4n) is 5.70. The number of esters is 1. The molecule has 3 saturated carbocycles. The van der Waals surface area contributed by atoms with Gasteiger partial charge in [-0.25, -0.2) is 0 Å². The minimum atomic E-state index is -0.114. The first-order chi connectivity index (χ1) is 9.88. The molecule has 3 aliphatic carbocycles. The average molecular weight is 292 g/mol. The van der Waals surface area contributed by atoms with Gasteiger partial charge >= 0.3 is 5.97 Å². The van der Waals surface area contributed by atoms with Gasteiger partial charge in [0.2, 0.25) is 0 Å². The standard InChI is InChI=1S/C19H32O2/c1-5-19(8-6-7-9-19)21-17(20)12-15-10-14-11-16(15)18(3,4)13(14)2/h13-16H,5-12H2,1-4H3. The second-order valence-corrected chi connectivity index (χ2v) is 8.63. The van der Waals surface area contributed by atoms with E-state index < -0.39 is 0 Å². The minimum Gasteiger partial charge on any atom is -0.459 e. The molecular formula is C19H32O2. The van der Waals surface area contributed by atoms with Crippen LogP contribution in [0.3, 0.4) is 0 Å². The van der Waals surface area contributed by atoms with Gasteiger partial charge in [0, 0.05) is 6.42 Å². The van der Waals surface area contributed by atoms with Crippen LogP contribution < -0.4 is 0 Å². The Morgan fingerprint density at radius 1 is 1.19 bits per heavy atom. The molecule has 2 nitrogen and oxygen atoms in total. The van der Waals surface area contributed by atoms with Gasteiger partial charge in [-0.3, -0.25) is 4.79 Å². The molecule has 0 aromatic heterocycles. The van der Waals surface area contributed by atoms with Crippen LogP contribution in [0.15, 0.2) is 0 Å². The van der Waals surface area contributed by atoms with Crippen LogP contribution >= 0.6 is 0 Å². The van der Waals surface area contributed by atoms with E-state index in [9.17, 15) is 4.79 Å². The summed E-state index contributed by atoms with van der Waals surface area (Å²) in [7, 11) is 0. The lowest BCUT2D eigenvalue weighted by Gasteiger charge is -2.41. The van der Waals surface area contributed by atoms with Crippen LogP contribution in [0, 0.1) is 29.1 Å². The third-order valence-corrected chi connectivity index (χ3v) is 7.49. The third kappa shape index (κ3) is 2.53. The number of hydrogen-bond acceptors (Lipinski definition) is 2. The molecule has 2 bridgehead atoms. The van der Waals surface area contributed by atoms with E-state index in [0.29, 0.717) is 17.8 Å². The van der Waals surface area contributed by atoms with Crippen molar-refractivity contribution in [3.8, 4) is 0 Å². The van der Waals surface area contributed by atoms with Gasteiger partial charge in [0.25, 0.3) is 0 Å². The molecule has 0 aromatic carbocycles. The number of rotatable bonds is 4. The van der Waals surface area contributed by atoms with Crippen LogP contribution in [0.2, 0.25) is 0 Å². The predicted octanol–water partition coefficient (Wildman–Crippen LogP) is 4.96. The first-order valence-corrected chi connectivity index (χ1v) is 9.10. The molecule has 0 amide bonds. The van der Waals surface area contributed by atoms with Crippen LogP contribution in [-0.4, -0.2) is 11.6 Å². The van der Waals surface area contributed by atoms with E-state index in [1.807, 2.05) is 0 Å². The Kier molecular flexibility index (Phi) is 3.86. The summed E-state index contributed by atoms with van der Waals surface area (Å²) >= 11 is 0. The molecule has 0 saturated heterocycles. The fraction of sp³-hybridized carbons (Fsp3) is 0.947. The Bertz CT molecular complexity index is 406. The molecule has 0 radical (unpaired) electrons. The molecule has 4 unspecified atom stereocenters. The van der Waals surface area contributed by atoms with Crippen LogP contribution in [0.5, 0.6) is 0 Å². The van der Waals surface area contributed by atoms with Crippen molar-refractivity contribution in [1.29, 1.82) is 0 Å². The summed E-state index contributed by atoms with van der Waals surface area (Å²) in [6.07, 6.45) is 8.84. The van der Waals surface area contributed by atoms with Gasteiger partial charge in [0.15, 0.2) is 0 Å². The van der Waals surface area contributed by atoms with Crippen molar-refractivity contribution in [2.24, 2.45) is 29.1 Å². The highest BCUT2D eigenvalue weighted by Gasteiger charge is 2.55. The van der Waals surface area contributed by atoms with Crippen molar-refractivity contribution in [1.82, 2.24) is 0 Å². The first kappa shape index (κ1) is 15.4. The Balaban J connectivity index is 1.59. The number of fused-ring (bicyclic) bond motifs is 2. The summed E-state index contributed by atoms with van der Waals surface area (Å²) in [5.74, 6) is 3.04. The molecule has 0 N–H and O–H groups in total. The second kappa shape index (κ2) is 5.28. The summed E-state index contributed by atoms with van der Waals surface area (Å²) in [5, 5.41) is 0. The molecule has 0 heterocycles.